The predicted octanol–water partition coefficient (Wildman–Crippen LogP) is -3.98. The van der Waals surface area contributed by atoms with Crippen molar-refractivity contribution in [3.63, 3.8) is 0 Å². The van der Waals surface area contributed by atoms with Crippen LogP contribution in [0.2, 0.25) is 0 Å². The Kier molecular flexibility index (Phi) is 4340. The minimum absolute atomic E-state index is 0. The molecule has 0 aromatic carbocycles. The third-order valence-corrected chi connectivity index (χ3v) is 0. The van der Waals surface area contributed by atoms with Crippen LogP contribution in [0.15, 0.2) is 0 Å². The monoisotopic (exact) mass is 276 g/mol. The van der Waals surface area contributed by atoms with Gasteiger partial charge in [-0.25, -0.2) is 0 Å². The van der Waals surface area contributed by atoms with Crippen LogP contribution in [-0.4, -0.2) is 23.1 Å². The van der Waals surface area contributed by atoms with Crippen LogP contribution in [0.5, 0.6) is 0 Å². The SMILES string of the molecule is [Cr+3].[Li+].[Mg+2].[Mn+2].[Ni+2].[O-2].[O-2].[O-2].[O-2].[O-2]. The fourth-order valence-electron chi connectivity index (χ4n) is 0. The van der Waals surface area contributed by atoms with Crippen molar-refractivity contribution in [3.05, 3.63) is 0 Å². The molecule has 56 valence electrons. The third-order valence-electron chi connectivity index (χ3n) is 0. The molecule has 0 N–H and O–H groups in total. The van der Waals surface area contributed by atoms with Gasteiger partial charge in [-0.1, -0.05) is 0 Å². The average molecular weight is 277 g/mol. The quantitative estimate of drug-likeness (QED) is 0.398. The smallest absolute Gasteiger partial charge is 2.00 e. The largest absolute Gasteiger partial charge is 3.00 e. The molecule has 0 spiro atoms. The standard InChI is InChI=1S/Cr.Li.Mg.Mn.Ni.5O/q+3;+1;3*+2;5*-2. The summed E-state index contributed by atoms with van der Waals surface area (Å²) in [4.78, 5) is 0. The van der Waals surface area contributed by atoms with Crippen LogP contribution in [0, 0.1) is 0 Å². The van der Waals surface area contributed by atoms with Gasteiger partial charge in [-0.15, -0.1) is 0 Å². The maximum Gasteiger partial charge on any atom is 3.00 e. The molecule has 0 atom stereocenters. The van der Waals surface area contributed by atoms with Crippen LogP contribution in [-0.2, 0) is 78.3 Å². The van der Waals surface area contributed by atoms with Gasteiger partial charge in [0.1, 0.15) is 0 Å². The number of rotatable bonds is 0. The van der Waals surface area contributed by atoms with E-state index in [4.69, 9.17) is 0 Å². The zero-order valence-corrected chi connectivity index (χ0v) is 9.71. The van der Waals surface area contributed by atoms with Gasteiger partial charge in [0.05, 0.1) is 0 Å². The Hall–Kier alpha value is 2.71. The molecule has 0 saturated carbocycles. The minimum Gasteiger partial charge on any atom is -2.00 e. The Labute approximate surface area is 119 Å². The molecule has 10 heteroatoms. The molecule has 0 heterocycles. The predicted molar refractivity (Wildman–Crippen MR) is 9.19 cm³/mol. The third kappa shape index (κ3) is 138. The van der Waals surface area contributed by atoms with E-state index in [2.05, 4.69) is 0 Å². The van der Waals surface area contributed by atoms with Crippen molar-refractivity contribution in [1.82, 2.24) is 0 Å². The van der Waals surface area contributed by atoms with Crippen molar-refractivity contribution in [2.24, 2.45) is 0 Å². The van der Waals surface area contributed by atoms with Gasteiger partial charge in [-0.3, -0.25) is 0 Å². The molecule has 0 rings (SSSR count). The second kappa shape index (κ2) is 183. The van der Waals surface area contributed by atoms with Crippen LogP contribution in [0.4, 0.5) is 0 Å². The Balaban J connectivity index is 0. The Morgan fingerprint density at radius 3 is 0.600 bits per heavy atom. The van der Waals surface area contributed by atoms with Gasteiger partial charge in [-0.05, 0) is 0 Å². The number of hydrogen-bond donors (Lipinski definition) is 0. The van der Waals surface area contributed by atoms with Crippen LogP contribution in [0.25, 0.3) is 0 Å². The van der Waals surface area contributed by atoms with Gasteiger partial charge in [0.25, 0.3) is 0 Å². The second-order valence-electron chi connectivity index (χ2n) is 0. The maximum absolute atomic E-state index is 0. The van der Waals surface area contributed by atoms with Gasteiger partial charge in [0, 0.05) is 0 Å². The first-order chi connectivity index (χ1) is 0. The summed E-state index contributed by atoms with van der Waals surface area (Å²) in [7, 11) is 0. The van der Waals surface area contributed by atoms with Crippen molar-refractivity contribution in [3.8, 4) is 0 Å². The molecular weight excluding hydrogens is 277 g/mol. The molecule has 0 unspecified atom stereocenters. The van der Waals surface area contributed by atoms with E-state index in [1.807, 2.05) is 0 Å². The van der Waals surface area contributed by atoms with Crippen molar-refractivity contribution in [2.75, 3.05) is 0 Å². The first-order valence-electron chi connectivity index (χ1n) is 0. The van der Waals surface area contributed by atoms with Gasteiger partial charge in [0.15, 0.2) is 0 Å². The van der Waals surface area contributed by atoms with Crippen LogP contribution in [0.3, 0.4) is 0 Å². The second-order valence-corrected chi connectivity index (χ2v) is 0. The van der Waals surface area contributed by atoms with E-state index in [0.29, 0.717) is 0 Å². The van der Waals surface area contributed by atoms with Crippen LogP contribution < -0.4 is 18.9 Å². The molecule has 0 saturated heterocycles. The van der Waals surface area contributed by atoms with Crippen molar-refractivity contribution in [1.29, 1.82) is 0 Å². The Morgan fingerprint density at radius 2 is 0.600 bits per heavy atom. The van der Waals surface area contributed by atoms with Crippen LogP contribution in [0.1, 0.15) is 0 Å². The summed E-state index contributed by atoms with van der Waals surface area (Å²) in [5, 5.41) is 0. The maximum atomic E-state index is 0. The number of hydrogen-bond acceptors (Lipinski definition) is 0. The first kappa shape index (κ1) is 237. The molecule has 0 aliphatic rings. The zero-order chi connectivity index (χ0) is 0. The van der Waals surface area contributed by atoms with Crippen molar-refractivity contribution < 1.29 is 97.2 Å². The summed E-state index contributed by atoms with van der Waals surface area (Å²) in [5.74, 6) is 0. The van der Waals surface area contributed by atoms with E-state index in [1.54, 1.807) is 0 Å². The van der Waals surface area contributed by atoms with E-state index in [-0.39, 0.29) is 120 Å². The van der Waals surface area contributed by atoms with Gasteiger partial charge in [-0.2, -0.15) is 0 Å². The van der Waals surface area contributed by atoms with E-state index < -0.39 is 0 Å². The summed E-state index contributed by atoms with van der Waals surface area (Å²) in [6.07, 6.45) is 0. The molecule has 0 aliphatic heterocycles. The van der Waals surface area contributed by atoms with Gasteiger partial charge < -0.3 is 27.4 Å². The normalized spacial score (nSPS) is 0. The van der Waals surface area contributed by atoms with E-state index in [1.165, 1.54) is 0 Å². The molecule has 10 heavy (non-hydrogen) atoms. The topological polar surface area (TPSA) is 142 Å². The fourth-order valence-corrected chi connectivity index (χ4v) is 0. The Morgan fingerprint density at radius 1 is 0.600 bits per heavy atom. The summed E-state index contributed by atoms with van der Waals surface area (Å²) in [6.45, 7) is 0. The molecule has 5 nitrogen and oxygen atoms in total. The summed E-state index contributed by atoms with van der Waals surface area (Å²) in [5.41, 5.74) is 0. The van der Waals surface area contributed by atoms with Crippen LogP contribution >= 0.6 is 0 Å². The molecular formula is CrLiMgMnNiO5. The van der Waals surface area contributed by atoms with Gasteiger partial charge in [0.2, 0.25) is 0 Å². The van der Waals surface area contributed by atoms with E-state index in [0.717, 1.165) is 0 Å². The molecule has 0 bridgehead atoms. The van der Waals surface area contributed by atoms with Gasteiger partial charge >= 0.3 is 92.8 Å². The fraction of sp³-hybridized carbons (Fsp3) is 0. The minimum atomic E-state index is 0. The molecule has 2 radical (unpaired) electrons. The molecule has 0 fully saturated rings. The molecule has 0 aromatic heterocycles. The van der Waals surface area contributed by atoms with E-state index in [9.17, 15) is 0 Å². The summed E-state index contributed by atoms with van der Waals surface area (Å²) >= 11 is 0. The van der Waals surface area contributed by atoms with E-state index >= 15 is 0 Å². The zero-order valence-electron chi connectivity index (χ0n) is 4.85. The van der Waals surface area contributed by atoms with Crippen molar-refractivity contribution >= 4 is 23.1 Å². The molecule has 0 aromatic rings. The molecule has 0 aliphatic carbocycles. The first-order valence-corrected chi connectivity index (χ1v) is 0. The summed E-state index contributed by atoms with van der Waals surface area (Å²) < 4.78 is 0. The Bertz CT molecular complexity index is 21.6. The average Bonchev–Trinajstić information content (AvgIpc) is 0. The molecule has 0 amide bonds. The van der Waals surface area contributed by atoms with Crippen molar-refractivity contribution in [2.45, 2.75) is 0 Å². The summed E-state index contributed by atoms with van der Waals surface area (Å²) in [6, 6.07) is 0.